The Morgan fingerprint density at radius 1 is 1.19 bits per heavy atom. The molecule has 3 aromatic rings. The van der Waals surface area contributed by atoms with Crippen molar-refractivity contribution in [1.29, 1.82) is 0 Å². The topological polar surface area (TPSA) is 107 Å². The molecular weight excluding hydrogens is 392 g/mol. The summed E-state index contributed by atoms with van der Waals surface area (Å²) in [5.41, 5.74) is 8.83. The van der Waals surface area contributed by atoms with Crippen molar-refractivity contribution in [3.8, 4) is 0 Å². The number of primary amides is 1. The molecule has 160 valence electrons. The highest BCUT2D eigenvalue weighted by molar-refractivity contribution is 6.24. The van der Waals surface area contributed by atoms with Crippen LogP contribution in [0.3, 0.4) is 0 Å². The SMILES string of the molecule is CN1CCN(CC(=O)Nc2cnc3[nH]cc(C=C(C(N)=O)c4ccccc4)c3c2)CC1. The summed E-state index contributed by atoms with van der Waals surface area (Å²) in [5.74, 6) is -0.578. The highest BCUT2D eigenvalue weighted by Gasteiger charge is 2.17. The Bertz CT molecular complexity index is 1110. The Hall–Kier alpha value is -3.49. The van der Waals surface area contributed by atoms with Gasteiger partial charge in [-0.15, -0.1) is 0 Å². The molecule has 0 saturated carbocycles. The number of carbonyl (C=O) groups excluding carboxylic acids is 2. The number of H-pyrrole nitrogens is 1. The largest absolute Gasteiger partial charge is 0.366 e. The third kappa shape index (κ3) is 4.99. The number of rotatable bonds is 6. The Labute approximate surface area is 180 Å². The number of hydrogen-bond acceptors (Lipinski definition) is 5. The van der Waals surface area contributed by atoms with E-state index in [1.165, 1.54) is 0 Å². The molecule has 1 fully saturated rings. The molecule has 8 heteroatoms. The molecule has 0 unspecified atom stereocenters. The van der Waals surface area contributed by atoms with Crippen LogP contribution in [-0.4, -0.2) is 71.4 Å². The lowest BCUT2D eigenvalue weighted by Gasteiger charge is -2.31. The van der Waals surface area contributed by atoms with Crippen LogP contribution < -0.4 is 11.1 Å². The third-order valence-electron chi connectivity index (χ3n) is 5.46. The fourth-order valence-corrected chi connectivity index (χ4v) is 3.69. The molecular formula is C23H26N6O2. The van der Waals surface area contributed by atoms with Crippen LogP contribution in [0.4, 0.5) is 5.69 Å². The van der Waals surface area contributed by atoms with Gasteiger partial charge in [-0.05, 0) is 24.8 Å². The summed E-state index contributed by atoms with van der Waals surface area (Å²) in [6.45, 7) is 4.03. The number of aromatic nitrogens is 2. The summed E-state index contributed by atoms with van der Waals surface area (Å²) in [6.07, 6.45) is 5.15. The molecule has 2 amide bonds. The van der Waals surface area contributed by atoms with E-state index in [1.807, 2.05) is 36.4 Å². The summed E-state index contributed by atoms with van der Waals surface area (Å²) in [5, 5.41) is 3.73. The van der Waals surface area contributed by atoms with Gasteiger partial charge in [0.25, 0.3) is 0 Å². The van der Waals surface area contributed by atoms with Gasteiger partial charge in [-0.3, -0.25) is 14.5 Å². The van der Waals surface area contributed by atoms with E-state index >= 15 is 0 Å². The molecule has 2 aromatic heterocycles. The van der Waals surface area contributed by atoms with Gasteiger partial charge in [0.2, 0.25) is 11.8 Å². The van der Waals surface area contributed by atoms with Crippen molar-refractivity contribution >= 4 is 40.2 Å². The molecule has 4 rings (SSSR count). The molecule has 0 spiro atoms. The molecule has 4 N–H and O–H groups in total. The first-order chi connectivity index (χ1) is 15.0. The van der Waals surface area contributed by atoms with E-state index in [1.54, 1.807) is 18.5 Å². The maximum Gasteiger partial charge on any atom is 0.249 e. The minimum Gasteiger partial charge on any atom is -0.366 e. The zero-order chi connectivity index (χ0) is 21.8. The van der Waals surface area contributed by atoms with E-state index in [-0.39, 0.29) is 5.91 Å². The van der Waals surface area contributed by atoms with Gasteiger partial charge in [0.1, 0.15) is 5.65 Å². The summed E-state index contributed by atoms with van der Waals surface area (Å²) < 4.78 is 0. The number of benzene rings is 1. The maximum absolute atomic E-state index is 12.5. The highest BCUT2D eigenvalue weighted by atomic mass is 16.2. The maximum atomic E-state index is 12.5. The van der Waals surface area contributed by atoms with Crippen molar-refractivity contribution in [3.63, 3.8) is 0 Å². The van der Waals surface area contributed by atoms with Gasteiger partial charge in [-0.2, -0.15) is 0 Å². The van der Waals surface area contributed by atoms with E-state index in [0.29, 0.717) is 23.5 Å². The van der Waals surface area contributed by atoms with Gasteiger partial charge >= 0.3 is 0 Å². The fraction of sp³-hybridized carbons (Fsp3) is 0.261. The van der Waals surface area contributed by atoms with Crippen molar-refractivity contribution < 1.29 is 9.59 Å². The predicted molar refractivity (Wildman–Crippen MR) is 122 cm³/mol. The zero-order valence-electron chi connectivity index (χ0n) is 17.5. The monoisotopic (exact) mass is 418 g/mol. The van der Waals surface area contributed by atoms with Gasteiger partial charge in [-0.1, -0.05) is 30.3 Å². The molecule has 1 aliphatic heterocycles. The van der Waals surface area contributed by atoms with Crippen LogP contribution in [-0.2, 0) is 9.59 Å². The summed E-state index contributed by atoms with van der Waals surface area (Å²) in [6, 6.07) is 11.1. The van der Waals surface area contributed by atoms with Crippen molar-refractivity contribution in [2.24, 2.45) is 5.73 Å². The fourth-order valence-electron chi connectivity index (χ4n) is 3.69. The van der Waals surface area contributed by atoms with E-state index in [2.05, 4.69) is 32.1 Å². The smallest absolute Gasteiger partial charge is 0.249 e. The number of nitrogens with zero attached hydrogens (tertiary/aromatic N) is 3. The lowest BCUT2D eigenvalue weighted by Crippen LogP contribution is -2.47. The lowest BCUT2D eigenvalue weighted by molar-refractivity contribution is -0.117. The first kappa shape index (κ1) is 20.8. The van der Waals surface area contributed by atoms with Crippen LogP contribution in [0, 0.1) is 0 Å². The second-order valence-electron chi connectivity index (χ2n) is 7.78. The number of aromatic amines is 1. The van der Waals surface area contributed by atoms with E-state index in [4.69, 9.17) is 5.73 Å². The predicted octanol–water partition coefficient (Wildman–Crippen LogP) is 1.77. The van der Waals surface area contributed by atoms with Crippen LogP contribution in [0.25, 0.3) is 22.7 Å². The van der Waals surface area contributed by atoms with Crippen LogP contribution in [0.15, 0.2) is 48.8 Å². The number of nitrogens with one attached hydrogen (secondary N) is 2. The van der Waals surface area contributed by atoms with E-state index in [0.717, 1.165) is 42.7 Å². The second-order valence-corrected chi connectivity index (χ2v) is 7.78. The average Bonchev–Trinajstić information content (AvgIpc) is 3.16. The van der Waals surface area contributed by atoms with Gasteiger partial charge in [-0.25, -0.2) is 4.98 Å². The number of likely N-dealkylation sites (N-methyl/N-ethyl adjacent to an activating group) is 1. The van der Waals surface area contributed by atoms with Gasteiger partial charge in [0, 0.05) is 48.9 Å². The Kier molecular flexibility index (Phi) is 6.11. The molecule has 0 atom stereocenters. The molecule has 3 heterocycles. The summed E-state index contributed by atoms with van der Waals surface area (Å²) >= 11 is 0. The van der Waals surface area contributed by atoms with Crippen molar-refractivity contribution in [2.75, 3.05) is 45.1 Å². The Morgan fingerprint density at radius 2 is 1.94 bits per heavy atom. The quantitative estimate of drug-likeness (QED) is 0.529. The first-order valence-corrected chi connectivity index (χ1v) is 10.2. The van der Waals surface area contributed by atoms with E-state index in [9.17, 15) is 9.59 Å². The lowest BCUT2D eigenvalue weighted by atomic mass is 10.0. The Balaban J connectivity index is 1.55. The standard InChI is InChI=1S/C23H26N6O2/c1-28-7-9-29(10-8-28)15-21(30)27-18-12-20-17(13-25-23(20)26-14-18)11-19(22(24)31)16-5-3-2-4-6-16/h2-6,11-14H,7-10,15H2,1H3,(H2,24,31)(H,25,26)(H,27,30). The number of fused-ring (bicyclic) bond motifs is 1. The molecule has 1 aliphatic rings. The first-order valence-electron chi connectivity index (χ1n) is 10.2. The average molecular weight is 419 g/mol. The molecule has 1 saturated heterocycles. The molecule has 8 nitrogen and oxygen atoms in total. The number of nitrogens with two attached hydrogens (primary N) is 1. The minimum absolute atomic E-state index is 0.0690. The molecule has 31 heavy (non-hydrogen) atoms. The normalized spacial score (nSPS) is 15.8. The van der Waals surface area contributed by atoms with Crippen LogP contribution in [0.5, 0.6) is 0 Å². The highest BCUT2D eigenvalue weighted by Crippen LogP contribution is 2.25. The number of piperazine rings is 1. The molecule has 0 bridgehead atoms. The third-order valence-corrected chi connectivity index (χ3v) is 5.46. The number of amides is 2. The number of anilines is 1. The molecule has 1 aromatic carbocycles. The molecule has 0 aliphatic carbocycles. The molecule has 0 radical (unpaired) electrons. The number of hydrogen-bond donors (Lipinski definition) is 3. The van der Waals surface area contributed by atoms with Crippen LogP contribution in [0.1, 0.15) is 11.1 Å². The van der Waals surface area contributed by atoms with Gasteiger partial charge in [0.05, 0.1) is 18.4 Å². The zero-order valence-corrected chi connectivity index (χ0v) is 17.5. The summed E-state index contributed by atoms with van der Waals surface area (Å²) in [4.78, 5) is 36.4. The van der Waals surface area contributed by atoms with Gasteiger partial charge in [0.15, 0.2) is 0 Å². The summed E-state index contributed by atoms with van der Waals surface area (Å²) in [7, 11) is 2.09. The van der Waals surface area contributed by atoms with E-state index < -0.39 is 5.91 Å². The Morgan fingerprint density at radius 3 is 2.65 bits per heavy atom. The minimum atomic E-state index is -0.509. The van der Waals surface area contributed by atoms with Crippen molar-refractivity contribution in [2.45, 2.75) is 0 Å². The van der Waals surface area contributed by atoms with Crippen molar-refractivity contribution in [3.05, 3.63) is 59.9 Å². The van der Waals surface area contributed by atoms with Gasteiger partial charge < -0.3 is 20.9 Å². The van der Waals surface area contributed by atoms with Crippen molar-refractivity contribution in [1.82, 2.24) is 19.8 Å². The second kappa shape index (κ2) is 9.11. The van der Waals surface area contributed by atoms with Crippen LogP contribution in [0.2, 0.25) is 0 Å². The van der Waals surface area contributed by atoms with Crippen LogP contribution >= 0.6 is 0 Å². The number of pyridine rings is 1. The number of carbonyl (C=O) groups is 2.